The second-order valence-corrected chi connectivity index (χ2v) is 11.4. The highest BCUT2D eigenvalue weighted by atomic mass is 16.5. The third kappa shape index (κ3) is 6.18. The van der Waals surface area contributed by atoms with Crippen LogP contribution in [0.4, 0.5) is 0 Å². The number of ether oxygens (including phenoxy) is 1. The van der Waals surface area contributed by atoms with Crippen molar-refractivity contribution in [2.24, 2.45) is 0 Å². The van der Waals surface area contributed by atoms with Crippen LogP contribution in [0.5, 0.6) is 0 Å². The fraction of sp³-hybridized carbons (Fsp3) is 0.314. The van der Waals surface area contributed by atoms with Crippen molar-refractivity contribution in [2.45, 2.75) is 65.3 Å². The molecule has 0 saturated carbocycles. The highest BCUT2D eigenvalue weighted by Crippen LogP contribution is 2.30. The molecule has 0 spiro atoms. The number of aryl methyl sites for hydroxylation is 3. The van der Waals surface area contributed by atoms with Gasteiger partial charge in [-0.05, 0) is 47.2 Å². The molecule has 236 valence electrons. The van der Waals surface area contributed by atoms with Gasteiger partial charge in [0.25, 0.3) is 5.56 Å². The van der Waals surface area contributed by atoms with E-state index in [0.717, 1.165) is 52.9 Å². The number of nitrogens with zero attached hydrogens (tertiary/aromatic N) is 7. The third-order valence-corrected chi connectivity index (χ3v) is 8.44. The van der Waals surface area contributed by atoms with Gasteiger partial charge in [-0.2, -0.15) is 5.21 Å². The molecule has 0 amide bonds. The maximum atomic E-state index is 14.1. The maximum Gasteiger partial charge on any atom is 0.334 e. The Morgan fingerprint density at radius 3 is 2.28 bits per heavy atom. The van der Waals surface area contributed by atoms with Crippen LogP contribution in [0.25, 0.3) is 33.7 Å². The summed E-state index contributed by atoms with van der Waals surface area (Å²) in [5, 5.41) is 14.6. The number of imidazole rings is 1. The smallest absolute Gasteiger partial charge is 0.334 e. The van der Waals surface area contributed by atoms with Crippen LogP contribution in [0.2, 0.25) is 0 Å². The molecule has 0 bridgehead atoms. The quantitative estimate of drug-likeness (QED) is 0.172. The number of benzene rings is 3. The average molecular weight is 619 g/mol. The SMILES string of the molecule is CCCCCc1nc2c(c(=O)n(C(C)OC)c(=O)n2CCc2ccccc2)n1Cc1ccc(-c2ccccc2-c2nn[nH]n2)cc1. The highest BCUT2D eigenvalue weighted by molar-refractivity contribution is 5.80. The van der Waals surface area contributed by atoms with Gasteiger partial charge in [0.15, 0.2) is 11.2 Å². The van der Waals surface area contributed by atoms with Gasteiger partial charge in [0, 0.05) is 32.2 Å². The Morgan fingerprint density at radius 1 is 0.848 bits per heavy atom. The van der Waals surface area contributed by atoms with Crippen molar-refractivity contribution in [3.8, 4) is 22.5 Å². The molecule has 11 nitrogen and oxygen atoms in total. The van der Waals surface area contributed by atoms with Crippen LogP contribution < -0.4 is 11.2 Å². The van der Waals surface area contributed by atoms with Crippen LogP contribution in [-0.2, 0) is 30.7 Å². The molecule has 3 aromatic heterocycles. The Hall–Kier alpha value is -5.16. The fourth-order valence-corrected chi connectivity index (χ4v) is 5.89. The first-order valence-electron chi connectivity index (χ1n) is 15.7. The van der Waals surface area contributed by atoms with Crippen LogP contribution in [0.3, 0.4) is 0 Å². The molecule has 1 atom stereocenters. The normalized spacial score (nSPS) is 12.2. The first-order valence-corrected chi connectivity index (χ1v) is 15.7. The number of methoxy groups -OCH3 is 1. The molecule has 6 rings (SSSR count). The second kappa shape index (κ2) is 13.9. The summed E-state index contributed by atoms with van der Waals surface area (Å²) >= 11 is 0. The number of aromatic nitrogens is 8. The molecule has 6 aromatic rings. The van der Waals surface area contributed by atoms with Crippen molar-refractivity contribution in [1.82, 2.24) is 39.3 Å². The van der Waals surface area contributed by atoms with Crippen LogP contribution in [-0.4, -0.2) is 46.4 Å². The van der Waals surface area contributed by atoms with E-state index in [9.17, 15) is 9.59 Å². The van der Waals surface area contributed by atoms with E-state index in [1.54, 1.807) is 11.5 Å². The van der Waals surface area contributed by atoms with Crippen molar-refractivity contribution in [1.29, 1.82) is 0 Å². The standard InChI is InChI=1S/C35H38N8O3/c1-4-5-7-16-30-36-33-31(34(44)43(24(2)46-3)35(45)41(33)22-21-25-12-8-6-9-13-25)42(30)23-26-17-19-27(20-18-26)28-14-10-11-15-29(28)32-37-39-40-38-32/h6,8-15,17-20,24H,4-5,7,16,21-23H2,1-3H3,(H,37,38,39,40). The molecule has 1 N–H and O–H groups in total. The lowest BCUT2D eigenvalue weighted by molar-refractivity contribution is 0.0530. The van der Waals surface area contributed by atoms with Crippen molar-refractivity contribution in [2.75, 3.05) is 7.11 Å². The van der Waals surface area contributed by atoms with Crippen LogP contribution in [0.1, 0.15) is 56.3 Å². The average Bonchev–Trinajstić information content (AvgIpc) is 3.75. The number of hydrogen-bond acceptors (Lipinski definition) is 7. The van der Waals surface area contributed by atoms with Gasteiger partial charge in [-0.3, -0.25) is 9.36 Å². The number of tetrazole rings is 1. The largest absolute Gasteiger partial charge is 0.361 e. The van der Waals surface area contributed by atoms with Crippen molar-refractivity contribution < 1.29 is 4.74 Å². The summed E-state index contributed by atoms with van der Waals surface area (Å²) in [5.41, 5.74) is 4.99. The predicted molar refractivity (Wildman–Crippen MR) is 177 cm³/mol. The van der Waals surface area contributed by atoms with Crippen molar-refractivity contribution in [3.63, 3.8) is 0 Å². The molecule has 11 heteroatoms. The summed E-state index contributed by atoms with van der Waals surface area (Å²) in [6.07, 6.45) is 3.63. The van der Waals surface area contributed by atoms with Gasteiger partial charge in [0.1, 0.15) is 12.1 Å². The van der Waals surface area contributed by atoms with Crippen LogP contribution in [0, 0.1) is 0 Å². The summed E-state index contributed by atoms with van der Waals surface area (Å²) in [6, 6.07) is 26.2. The maximum absolute atomic E-state index is 14.1. The van der Waals surface area contributed by atoms with E-state index in [-0.39, 0.29) is 0 Å². The van der Waals surface area contributed by atoms with Gasteiger partial charge >= 0.3 is 5.69 Å². The molecule has 0 aliphatic heterocycles. The Bertz CT molecular complexity index is 2030. The first kappa shape index (κ1) is 30.8. The summed E-state index contributed by atoms with van der Waals surface area (Å²) in [4.78, 5) is 32.9. The van der Waals surface area contributed by atoms with E-state index in [1.165, 1.54) is 11.7 Å². The number of nitrogens with one attached hydrogen (secondary N) is 1. The molecule has 1 unspecified atom stereocenters. The van der Waals surface area contributed by atoms with Crippen LogP contribution in [0.15, 0.2) is 88.5 Å². The molecule has 46 heavy (non-hydrogen) atoms. The lowest BCUT2D eigenvalue weighted by Crippen LogP contribution is -2.43. The van der Waals surface area contributed by atoms with Gasteiger partial charge in [-0.25, -0.2) is 14.3 Å². The van der Waals surface area contributed by atoms with E-state index in [4.69, 9.17) is 9.72 Å². The number of rotatable bonds is 13. The zero-order valence-corrected chi connectivity index (χ0v) is 26.4. The van der Waals surface area contributed by atoms with E-state index >= 15 is 0 Å². The molecular formula is C35H38N8O3. The Morgan fingerprint density at radius 2 is 1.59 bits per heavy atom. The molecule has 0 radical (unpaired) electrons. The predicted octanol–water partition coefficient (Wildman–Crippen LogP) is 5.40. The Kier molecular flexibility index (Phi) is 9.30. The van der Waals surface area contributed by atoms with Gasteiger partial charge in [-0.15, -0.1) is 10.2 Å². The molecule has 0 fully saturated rings. The zero-order chi connectivity index (χ0) is 32.0. The number of aromatic amines is 1. The minimum absolute atomic E-state index is 0.385. The summed E-state index contributed by atoms with van der Waals surface area (Å²) < 4.78 is 10.3. The van der Waals surface area contributed by atoms with E-state index in [1.807, 2.05) is 59.2 Å². The van der Waals surface area contributed by atoms with E-state index < -0.39 is 17.5 Å². The monoisotopic (exact) mass is 618 g/mol. The lowest BCUT2D eigenvalue weighted by Gasteiger charge is -2.17. The topological polar surface area (TPSA) is 126 Å². The highest BCUT2D eigenvalue weighted by Gasteiger charge is 2.24. The van der Waals surface area contributed by atoms with Gasteiger partial charge < -0.3 is 9.30 Å². The number of fused-ring (bicyclic) bond motifs is 1. The minimum Gasteiger partial charge on any atom is -0.361 e. The number of unbranched alkanes of at least 4 members (excludes halogenated alkanes) is 2. The van der Waals surface area contributed by atoms with Crippen molar-refractivity contribution in [3.05, 3.63) is 117 Å². The lowest BCUT2D eigenvalue weighted by atomic mass is 9.98. The Labute approximate surface area is 266 Å². The van der Waals surface area contributed by atoms with E-state index in [0.29, 0.717) is 42.9 Å². The van der Waals surface area contributed by atoms with Gasteiger partial charge in [0.2, 0.25) is 5.82 Å². The third-order valence-electron chi connectivity index (χ3n) is 8.44. The number of hydrogen-bond donors (Lipinski definition) is 1. The molecular weight excluding hydrogens is 580 g/mol. The molecule has 3 heterocycles. The number of H-pyrrole nitrogens is 1. The first-order chi connectivity index (χ1) is 22.5. The molecule has 0 saturated heterocycles. The zero-order valence-electron chi connectivity index (χ0n) is 26.4. The summed E-state index contributed by atoms with van der Waals surface area (Å²) in [6.45, 7) is 4.69. The van der Waals surface area contributed by atoms with Crippen molar-refractivity contribution >= 4 is 11.2 Å². The van der Waals surface area contributed by atoms with Gasteiger partial charge in [0.05, 0.1) is 0 Å². The fourth-order valence-electron chi connectivity index (χ4n) is 5.89. The second-order valence-electron chi connectivity index (χ2n) is 11.4. The van der Waals surface area contributed by atoms with E-state index in [2.05, 4.69) is 51.8 Å². The molecule has 0 aliphatic rings. The Balaban J connectivity index is 1.44. The van der Waals surface area contributed by atoms with Crippen LogP contribution >= 0.6 is 0 Å². The molecule has 3 aromatic carbocycles. The molecule has 0 aliphatic carbocycles. The minimum atomic E-state index is -0.738. The van der Waals surface area contributed by atoms with Gasteiger partial charge in [-0.1, -0.05) is 98.6 Å². The summed E-state index contributed by atoms with van der Waals surface area (Å²) in [7, 11) is 1.50. The summed E-state index contributed by atoms with van der Waals surface area (Å²) in [5.74, 6) is 1.32.